The van der Waals surface area contributed by atoms with Gasteiger partial charge in [-0.1, -0.05) is 44.0 Å². The standard InChI is InChI=1S/C23H27F3/c1-2-15-3-4-17-12-18(6-5-16(17)11-15)19-7-8-21-14-22(23(24,25)26)10-9-20(21)13-19/h7-10,13-18H,2-6,11-12H2,1H3. The fourth-order valence-corrected chi connectivity index (χ4v) is 5.35. The van der Waals surface area contributed by atoms with Gasteiger partial charge < -0.3 is 0 Å². The van der Waals surface area contributed by atoms with E-state index in [0.29, 0.717) is 11.3 Å². The summed E-state index contributed by atoms with van der Waals surface area (Å²) in [4.78, 5) is 0. The molecule has 0 saturated heterocycles. The van der Waals surface area contributed by atoms with E-state index >= 15 is 0 Å². The van der Waals surface area contributed by atoms with Crippen LogP contribution < -0.4 is 0 Å². The van der Waals surface area contributed by atoms with E-state index in [-0.39, 0.29) is 0 Å². The van der Waals surface area contributed by atoms with Crippen molar-refractivity contribution in [3.05, 3.63) is 47.5 Å². The summed E-state index contributed by atoms with van der Waals surface area (Å²) in [7, 11) is 0. The lowest BCUT2D eigenvalue weighted by Crippen LogP contribution is -2.30. The minimum absolute atomic E-state index is 0.564. The molecule has 0 radical (unpaired) electrons. The maximum Gasteiger partial charge on any atom is 0.416 e. The highest BCUT2D eigenvalue weighted by molar-refractivity contribution is 5.84. The molecule has 3 heteroatoms. The molecule has 4 unspecified atom stereocenters. The molecule has 0 spiro atoms. The Hall–Kier alpha value is -1.51. The van der Waals surface area contributed by atoms with Crippen LogP contribution in [-0.4, -0.2) is 0 Å². The summed E-state index contributed by atoms with van der Waals surface area (Å²) < 4.78 is 38.7. The van der Waals surface area contributed by atoms with E-state index in [4.69, 9.17) is 0 Å². The Balaban J connectivity index is 1.52. The van der Waals surface area contributed by atoms with E-state index < -0.39 is 11.7 Å². The first-order valence-corrected chi connectivity index (χ1v) is 10.0. The van der Waals surface area contributed by atoms with E-state index in [9.17, 15) is 13.2 Å². The molecule has 0 aromatic heterocycles. The van der Waals surface area contributed by atoms with Crippen molar-refractivity contribution in [2.24, 2.45) is 17.8 Å². The molecule has 0 aliphatic heterocycles. The lowest BCUT2D eigenvalue weighted by atomic mass is 9.63. The highest BCUT2D eigenvalue weighted by Gasteiger charge is 2.35. The Bertz CT molecular complexity index is 777. The number of hydrogen-bond donors (Lipinski definition) is 0. The van der Waals surface area contributed by atoms with Gasteiger partial charge in [0.25, 0.3) is 0 Å². The fourth-order valence-electron chi connectivity index (χ4n) is 5.35. The number of alkyl halides is 3. The quantitative estimate of drug-likeness (QED) is 0.518. The Morgan fingerprint density at radius 3 is 2.31 bits per heavy atom. The monoisotopic (exact) mass is 360 g/mol. The molecule has 0 heterocycles. The summed E-state index contributed by atoms with van der Waals surface area (Å²) in [6.45, 7) is 2.32. The van der Waals surface area contributed by atoms with Gasteiger partial charge in [-0.25, -0.2) is 0 Å². The lowest BCUT2D eigenvalue weighted by molar-refractivity contribution is -0.137. The molecule has 2 fully saturated rings. The average molecular weight is 360 g/mol. The summed E-state index contributed by atoms with van der Waals surface area (Å²) in [6, 6.07) is 10.2. The fraction of sp³-hybridized carbons (Fsp3) is 0.565. The predicted molar refractivity (Wildman–Crippen MR) is 100 cm³/mol. The van der Waals surface area contributed by atoms with E-state index in [1.54, 1.807) is 6.07 Å². The van der Waals surface area contributed by atoms with Crippen LogP contribution >= 0.6 is 0 Å². The third-order valence-corrected chi connectivity index (χ3v) is 6.96. The van der Waals surface area contributed by atoms with Gasteiger partial charge in [0.15, 0.2) is 0 Å². The molecule has 0 amide bonds. The molecule has 2 aromatic rings. The zero-order valence-corrected chi connectivity index (χ0v) is 15.4. The van der Waals surface area contributed by atoms with Gasteiger partial charge in [0.05, 0.1) is 5.56 Å². The van der Waals surface area contributed by atoms with Crippen LogP contribution in [0.2, 0.25) is 0 Å². The van der Waals surface area contributed by atoms with Crippen molar-refractivity contribution >= 4 is 10.8 Å². The topological polar surface area (TPSA) is 0 Å². The SMILES string of the molecule is CCC1CCC2CC(c3ccc4cc(C(F)(F)F)ccc4c3)CCC2C1. The van der Waals surface area contributed by atoms with E-state index in [2.05, 4.69) is 19.1 Å². The third-order valence-electron chi connectivity index (χ3n) is 6.96. The van der Waals surface area contributed by atoms with Gasteiger partial charge in [0.2, 0.25) is 0 Å². The van der Waals surface area contributed by atoms with Gasteiger partial charge in [0.1, 0.15) is 0 Å². The summed E-state index contributed by atoms with van der Waals surface area (Å²) >= 11 is 0. The maximum atomic E-state index is 12.9. The Kier molecular flexibility index (Phi) is 4.75. The number of hydrogen-bond acceptors (Lipinski definition) is 0. The summed E-state index contributed by atoms with van der Waals surface area (Å²) in [5, 5.41) is 1.60. The number of fused-ring (bicyclic) bond motifs is 2. The molecule has 140 valence electrons. The second-order valence-electron chi connectivity index (χ2n) is 8.44. The van der Waals surface area contributed by atoms with Crippen molar-refractivity contribution in [3.63, 3.8) is 0 Å². The van der Waals surface area contributed by atoms with Crippen molar-refractivity contribution in [2.75, 3.05) is 0 Å². The largest absolute Gasteiger partial charge is 0.416 e. The molecule has 0 nitrogen and oxygen atoms in total. The maximum absolute atomic E-state index is 12.9. The van der Waals surface area contributed by atoms with Crippen molar-refractivity contribution < 1.29 is 13.2 Å². The minimum Gasteiger partial charge on any atom is -0.166 e. The minimum atomic E-state index is -4.28. The Morgan fingerprint density at radius 2 is 1.54 bits per heavy atom. The molecule has 0 bridgehead atoms. The van der Waals surface area contributed by atoms with Crippen molar-refractivity contribution in [1.82, 2.24) is 0 Å². The van der Waals surface area contributed by atoms with Crippen molar-refractivity contribution in [2.45, 2.75) is 64.0 Å². The predicted octanol–water partition coefficient (Wildman–Crippen LogP) is 7.57. The molecule has 2 aliphatic carbocycles. The van der Waals surface area contributed by atoms with Gasteiger partial charge in [-0.3, -0.25) is 0 Å². The van der Waals surface area contributed by atoms with Crippen LogP contribution in [0.15, 0.2) is 36.4 Å². The first kappa shape index (κ1) is 17.9. The normalized spacial score (nSPS) is 29.5. The zero-order valence-electron chi connectivity index (χ0n) is 15.4. The molecule has 2 saturated carbocycles. The van der Waals surface area contributed by atoms with E-state index in [1.165, 1.54) is 62.6 Å². The molecule has 26 heavy (non-hydrogen) atoms. The van der Waals surface area contributed by atoms with Crippen LogP contribution in [0.4, 0.5) is 13.2 Å². The summed E-state index contributed by atoms with van der Waals surface area (Å²) in [5.41, 5.74) is 0.749. The first-order valence-electron chi connectivity index (χ1n) is 10.0. The Morgan fingerprint density at radius 1 is 0.846 bits per heavy atom. The number of rotatable bonds is 2. The van der Waals surface area contributed by atoms with Crippen molar-refractivity contribution in [1.29, 1.82) is 0 Å². The Labute approximate surface area is 153 Å². The highest BCUT2D eigenvalue weighted by Crippen LogP contribution is 2.48. The van der Waals surface area contributed by atoms with Gasteiger partial charge >= 0.3 is 6.18 Å². The van der Waals surface area contributed by atoms with Gasteiger partial charge in [-0.15, -0.1) is 0 Å². The van der Waals surface area contributed by atoms with Crippen LogP contribution in [0.1, 0.15) is 68.9 Å². The van der Waals surface area contributed by atoms with E-state index in [1.807, 2.05) is 6.07 Å². The molecule has 2 aromatic carbocycles. The molecular formula is C23H27F3. The highest BCUT2D eigenvalue weighted by atomic mass is 19.4. The molecule has 0 N–H and O–H groups in total. The van der Waals surface area contributed by atoms with Crippen LogP contribution in [0.3, 0.4) is 0 Å². The number of benzene rings is 2. The molecular weight excluding hydrogens is 333 g/mol. The second-order valence-corrected chi connectivity index (χ2v) is 8.44. The summed E-state index contributed by atoms with van der Waals surface area (Å²) in [6.07, 6.45) is 4.99. The van der Waals surface area contributed by atoms with E-state index in [0.717, 1.165) is 23.1 Å². The van der Waals surface area contributed by atoms with Gasteiger partial charge in [-0.05, 0) is 84.2 Å². The van der Waals surface area contributed by atoms with Crippen LogP contribution in [0, 0.1) is 17.8 Å². The van der Waals surface area contributed by atoms with Crippen LogP contribution in [0.5, 0.6) is 0 Å². The van der Waals surface area contributed by atoms with Gasteiger partial charge in [0, 0.05) is 0 Å². The first-order chi connectivity index (χ1) is 12.4. The molecule has 4 rings (SSSR count). The number of halogens is 3. The summed E-state index contributed by atoms with van der Waals surface area (Å²) in [5.74, 6) is 3.25. The van der Waals surface area contributed by atoms with Crippen LogP contribution in [-0.2, 0) is 6.18 Å². The lowest BCUT2D eigenvalue weighted by Gasteiger charge is -2.42. The van der Waals surface area contributed by atoms with Gasteiger partial charge in [-0.2, -0.15) is 13.2 Å². The van der Waals surface area contributed by atoms with Crippen LogP contribution in [0.25, 0.3) is 10.8 Å². The smallest absolute Gasteiger partial charge is 0.166 e. The average Bonchev–Trinajstić information content (AvgIpc) is 2.65. The molecule has 2 aliphatic rings. The zero-order chi connectivity index (χ0) is 18.3. The van der Waals surface area contributed by atoms with Crippen molar-refractivity contribution in [3.8, 4) is 0 Å². The molecule has 4 atom stereocenters. The third kappa shape index (κ3) is 3.50. The second kappa shape index (κ2) is 6.90.